The third-order valence-corrected chi connectivity index (χ3v) is 6.08. The number of carbonyl (C=O) groups is 1. The second-order valence-electron chi connectivity index (χ2n) is 7.29. The maximum absolute atomic E-state index is 12.0. The van der Waals surface area contributed by atoms with E-state index in [1.54, 1.807) is 11.3 Å². The highest BCUT2D eigenvalue weighted by Crippen LogP contribution is 2.30. The first-order valence-corrected chi connectivity index (χ1v) is 11.4. The molecule has 0 radical (unpaired) electrons. The summed E-state index contributed by atoms with van der Waals surface area (Å²) in [6.45, 7) is 1.33. The van der Waals surface area contributed by atoms with Crippen LogP contribution in [0.1, 0.15) is 30.5 Å². The first-order valence-electron chi connectivity index (χ1n) is 10.0. The number of fused-ring (bicyclic) bond motifs is 1. The molecule has 9 heteroatoms. The molecule has 0 spiro atoms. The molecule has 0 saturated carbocycles. The van der Waals surface area contributed by atoms with Crippen LogP contribution in [0.2, 0.25) is 0 Å². The van der Waals surface area contributed by atoms with E-state index in [2.05, 4.69) is 21.8 Å². The molecular formula is C21H23BClN5OS. The van der Waals surface area contributed by atoms with E-state index in [1.807, 2.05) is 47.5 Å². The Hall–Kier alpha value is -2.58. The van der Waals surface area contributed by atoms with Crippen molar-refractivity contribution in [1.82, 2.24) is 19.9 Å². The van der Waals surface area contributed by atoms with Crippen LogP contribution in [0.4, 0.5) is 5.82 Å². The topological polar surface area (TPSA) is 71.3 Å². The molecular weight excluding hydrogens is 417 g/mol. The summed E-state index contributed by atoms with van der Waals surface area (Å²) in [5.41, 5.74) is 4.70. The molecule has 30 heavy (non-hydrogen) atoms. The minimum Gasteiger partial charge on any atom is -0.370 e. The molecule has 6 nitrogen and oxygen atoms in total. The number of nitrogens with zero attached hydrogens (tertiary/aromatic N) is 3. The van der Waals surface area contributed by atoms with E-state index in [0.717, 1.165) is 58.1 Å². The van der Waals surface area contributed by atoms with Crippen molar-refractivity contribution < 1.29 is 4.79 Å². The van der Waals surface area contributed by atoms with Crippen LogP contribution < -0.4 is 16.1 Å². The maximum Gasteiger partial charge on any atom is 0.224 e. The number of amides is 1. The van der Waals surface area contributed by atoms with Crippen molar-refractivity contribution in [2.75, 3.05) is 18.4 Å². The summed E-state index contributed by atoms with van der Waals surface area (Å²) in [6, 6.07) is 3.97. The van der Waals surface area contributed by atoms with Crippen LogP contribution >= 0.6 is 22.9 Å². The van der Waals surface area contributed by atoms with Crippen LogP contribution in [0.15, 0.2) is 46.3 Å². The lowest BCUT2D eigenvalue weighted by Gasteiger charge is -2.14. The number of carbonyl (C=O) groups excluding carboxylic acids is 1. The Labute approximate surface area is 185 Å². The standard InChI is InChI=1S/C21H23BClN5OS/c22-16-12-26-28-19(11-18(27-21(16)28)15-4-1-2-5-17(15)23)24-7-3-8-25-20(29)10-14-6-9-30-13-14/h1,4,6,9,11-13,24H,2-3,5,7-8,10,22H2,(H,25,29). The van der Waals surface area contributed by atoms with Gasteiger partial charge >= 0.3 is 0 Å². The lowest BCUT2D eigenvalue weighted by atomic mass is 10.00. The zero-order valence-corrected chi connectivity index (χ0v) is 18.4. The van der Waals surface area contributed by atoms with Crippen molar-refractivity contribution >= 4 is 59.2 Å². The van der Waals surface area contributed by atoms with Crippen LogP contribution in [0.5, 0.6) is 0 Å². The summed E-state index contributed by atoms with van der Waals surface area (Å²) in [5, 5.41) is 15.7. The quantitative estimate of drug-likeness (QED) is 0.418. The Morgan fingerprint density at radius 3 is 3.07 bits per heavy atom. The molecule has 3 aromatic rings. The molecule has 0 aromatic carbocycles. The van der Waals surface area contributed by atoms with E-state index in [1.165, 1.54) is 0 Å². The number of allylic oxidation sites excluding steroid dienone is 4. The van der Waals surface area contributed by atoms with E-state index in [4.69, 9.17) is 16.6 Å². The largest absolute Gasteiger partial charge is 0.370 e. The average molecular weight is 440 g/mol. The number of anilines is 1. The van der Waals surface area contributed by atoms with Gasteiger partial charge in [-0.2, -0.15) is 21.0 Å². The monoisotopic (exact) mass is 439 g/mol. The van der Waals surface area contributed by atoms with Gasteiger partial charge in [-0.3, -0.25) is 4.79 Å². The lowest BCUT2D eigenvalue weighted by molar-refractivity contribution is -0.120. The fourth-order valence-electron chi connectivity index (χ4n) is 3.37. The van der Waals surface area contributed by atoms with Gasteiger partial charge in [0.15, 0.2) is 5.65 Å². The van der Waals surface area contributed by atoms with Gasteiger partial charge in [0.25, 0.3) is 0 Å². The van der Waals surface area contributed by atoms with Gasteiger partial charge < -0.3 is 10.6 Å². The predicted molar refractivity (Wildman–Crippen MR) is 126 cm³/mol. The third kappa shape index (κ3) is 4.76. The van der Waals surface area contributed by atoms with E-state index < -0.39 is 0 Å². The highest BCUT2D eigenvalue weighted by Gasteiger charge is 2.15. The number of hydrogen-bond acceptors (Lipinski definition) is 5. The molecule has 0 saturated heterocycles. The fraction of sp³-hybridized carbons (Fsp3) is 0.286. The molecule has 0 bridgehead atoms. The Morgan fingerprint density at radius 2 is 2.27 bits per heavy atom. The van der Waals surface area contributed by atoms with Gasteiger partial charge in [-0.1, -0.05) is 23.8 Å². The molecule has 0 fully saturated rings. The number of hydrogen-bond donors (Lipinski definition) is 2. The normalized spacial score (nSPS) is 13.8. The fourth-order valence-corrected chi connectivity index (χ4v) is 4.31. The SMILES string of the molecule is Bc1cnn2c(NCCCNC(=O)Cc3ccsc3)cc(C3=C(Cl)CCC=C3)nc12. The molecule has 4 rings (SSSR count). The van der Waals surface area contributed by atoms with Crippen LogP contribution in [-0.4, -0.2) is 41.4 Å². The van der Waals surface area contributed by atoms with Crippen molar-refractivity contribution in [2.45, 2.75) is 25.7 Å². The van der Waals surface area contributed by atoms with Crippen LogP contribution in [-0.2, 0) is 11.2 Å². The summed E-state index contributed by atoms with van der Waals surface area (Å²) in [4.78, 5) is 16.8. The van der Waals surface area contributed by atoms with Gasteiger partial charge in [-0.15, -0.1) is 0 Å². The van der Waals surface area contributed by atoms with E-state index in [0.29, 0.717) is 19.5 Å². The summed E-state index contributed by atoms with van der Waals surface area (Å²) >= 11 is 8.07. The van der Waals surface area contributed by atoms with E-state index in [9.17, 15) is 4.79 Å². The Kier molecular flexibility index (Phi) is 6.54. The summed E-state index contributed by atoms with van der Waals surface area (Å²) in [5.74, 6) is 0.916. The summed E-state index contributed by atoms with van der Waals surface area (Å²) < 4.78 is 1.81. The zero-order chi connectivity index (χ0) is 20.9. The molecule has 0 atom stereocenters. The molecule has 0 unspecified atom stereocenters. The lowest BCUT2D eigenvalue weighted by Crippen LogP contribution is -2.27. The maximum atomic E-state index is 12.0. The number of nitrogens with one attached hydrogen (secondary N) is 2. The van der Waals surface area contributed by atoms with Crippen molar-refractivity contribution in [3.63, 3.8) is 0 Å². The smallest absolute Gasteiger partial charge is 0.224 e. The average Bonchev–Trinajstić information content (AvgIpc) is 3.38. The highest BCUT2D eigenvalue weighted by atomic mass is 35.5. The predicted octanol–water partition coefficient (Wildman–Crippen LogP) is 2.51. The second-order valence-corrected chi connectivity index (χ2v) is 8.52. The third-order valence-electron chi connectivity index (χ3n) is 4.96. The minimum atomic E-state index is 0.0513. The van der Waals surface area contributed by atoms with Crippen LogP contribution in [0.3, 0.4) is 0 Å². The Bertz CT molecular complexity index is 1110. The van der Waals surface area contributed by atoms with Crippen molar-refractivity contribution in [3.05, 3.63) is 57.5 Å². The first kappa shape index (κ1) is 20.7. The summed E-state index contributed by atoms with van der Waals surface area (Å²) in [7, 11) is 2.00. The molecule has 0 aliphatic heterocycles. The van der Waals surface area contributed by atoms with E-state index in [-0.39, 0.29) is 5.91 Å². The van der Waals surface area contributed by atoms with Gasteiger partial charge in [-0.25, -0.2) is 4.98 Å². The molecule has 154 valence electrons. The first-order chi connectivity index (χ1) is 14.6. The van der Waals surface area contributed by atoms with Gasteiger partial charge in [-0.05, 0) is 47.1 Å². The van der Waals surface area contributed by atoms with Crippen molar-refractivity contribution in [2.24, 2.45) is 0 Å². The molecule has 1 aliphatic rings. The van der Waals surface area contributed by atoms with E-state index >= 15 is 0 Å². The Morgan fingerprint density at radius 1 is 1.37 bits per heavy atom. The number of halogens is 1. The zero-order valence-electron chi connectivity index (χ0n) is 16.8. The van der Waals surface area contributed by atoms with Crippen LogP contribution in [0, 0.1) is 0 Å². The van der Waals surface area contributed by atoms with Crippen LogP contribution in [0.25, 0.3) is 11.2 Å². The number of thiophene rings is 1. The molecule has 3 aromatic heterocycles. The molecule has 3 heterocycles. The molecule has 1 amide bonds. The van der Waals surface area contributed by atoms with Crippen molar-refractivity contribution in [3.8, 4) is 0 Å². The van der Waals surface area contributed by atoms with Gasteiger partial charge in [0.2, 0.25) is 5.91 Å². The molecule has 2 N–H and O–H groups in total. The highest BCUT2D eigenvalue weighted by molar-refractivity contribution is 7.08. The Balaban J connectivity index is 1.40. The number of rotatable bonds is 8. The van der Waals surface area contributed by atoms with Gasteiger partial charge in [0.05, 0.1) is 12.1 Å². The van der Waals surface area contributed by atoms with Crippen molar-refractivity contribution in [1.29, 1.82) is 0 Å². The minimum absolute atomic E-state index is 0.0513. The van der Waals surface area contributed by atoms with Gasteiger partial charge in [0.1, 0.15) is 13.7 Å². The number of aromatic nitrogens is 3. The summed E-state index contributed by atoms with van der Waals surface area (Å²) in [6.07, 6.45) is 9.02. The second kappa shape index (κ2) is 9.49. The molecule has 1 aliphatic carbocycles. The van der Waals surface area contributed by atoms with Gasteiger partial charge in [0, 0.05) is 36.0 Å².